The van der Waals surface area contributed by atoms with E-state index in [0.717, 1.165) is 25.7 Å². The van der Waals surface area contributed by atoms with Crippen LogP contribution < -0.4 is 10.5 Å². The fourth-order valence-electron chi connectivity index (χ4n) is 4.72. The van der Waals surface area contributed by atoms with Crippen LogP contribution in [0.5, 0.6) is 0 Å². The molecule has 0 aliphatic carbocycles. The summed E-state index contributed by atoms with van der Waals surface area (Å²) in [6, 6.07) is 8.91. The number of primary sulfonamides is 1. The minimum absolute atomic E-state index is 0.268. The van der Waals surface area contributed by atoms with Crippen LogP contribution in [0.3, 0.4) is 0 Å². The highest BCUT2D eigenvalue weighted by molar-refractivity contribution is 7.89. The fourth-order valence-corrected chi connectivity index (χ4v) is 6.60. The Morgan fingerprint density at radius 1 is 0.895 bits per heavy atom. The van der Waals surface area contributed by atoms with Gasteiger partial charge in [0, 0.05) is 16.5 Å². The van der Waals surface area contributed by atoms with Crippen molar-refractivity contribution < 1.29 is 18.0 Å². The summed E-state index contributed by atoms with van der Waals surface area (Å²) >= 11 is 13.4. The average molecular weight is 592 g/mol. The number of anilines is 1. The largest absolute Gasteiger partial charge is 0.324 e. The molecule has 1 aromatic carbocycles. The molecule has 3 atom stereocenters. The number of carbonyl (C=O) groups excluding carboxylic acids is 2. The fraction of sp³-hybridized carbons (Fsp3) is 0.724. The number of ketones is 1. The lowest BCUT2D eigenvalue weighted by atomic mass is 9.72. The zero-order valence-corrected chi connectivity index (χ0v) is 25.9. The van der Waals surface area contributed by atoms with Gasteiger partial charge in [0.25, 0.3) is 5.91 Å². The highest BCUT2D eigenvalue weighted by atomic mass is 35.5. The first-order valence-electron chi connectivity index (χ1n) is 14.0. The highest BCUT2D eigenvalue weighted by Crippen LogP contribution is 2.41. The maximum absolute atomic E-state index is 13.8. The summed E-state index contributed by atoms with van der Waals surface area (Å²) in [6.45, 7) is 7.47. The van der Waals surface area contributed by atoms with Gasteiger partial charge in [-0.1, -0.05) is 115 Å². The third kappa shape index (κ3) is 12.8. The van der Waals surface area contributed by atoms with Gasteiger partial charge in [0.15, 0.2) is 10.7 Å². The number of sulfonamides is 1. The molecule has 6 nitrogen and oxygen atoms in total. The number of carbonyl (C=O) groups is 2. The molecule has 1 aromatic rings. The Bertz CT molecular complexity index is 951. The topological polar surface area (TPSA) is 106 Å². The molecule has 218 valence electrons. The van der Waals surface area contributed by atoms with Crippen LogP contribution in [0.1, 0.15) is 105 Å². The van der Waals surface area contributed by atoms with Crippen LogP contribution in [0.25, 0.3) is 0 Å². The SMILES string of the molecule is CCCCCCCCCCCC(CCC(Cl)CS(N)(=O)=O)C(Cl)(C(=O)Nc1ccccc1)C(=O)C(C)(C)C. The molecule has 3 N–H and O–H groups in total. The summed E-state index contributed by atoms with van der Waals surface area (Å²) in [5.41, 5.74) is -0.316. The first-order valence-corrected chi connectivity index (χ1v) is 16.5. The Morgan fingerprint density at radius 2 is 1.42 bits per heavy atom. The molecule has 0 aliphatic heterocycles. The van der Waals surface area contributed by atoms with Crippen molar-refractivity contribution in [2.24, 2.45) is 16.5 Å². The molecule has 9 heteroatoms. The Labute approximate surface area is 240 Å². The Kier molecular flexibility index (Phi) is 15.5. The molecule has 0 aromatic heterocycles. The molecule has 3 unspecified atom stereocenters. The van der Waals surface area contributed by atoms with E-state index >= 15 is 0 Å². The van der Waals surface area contributed by atoms with E-state index < -0.39 is 37.5 Å². The zero-order valence-electron chi connectivity index (χ0n) is 23.6. The zero-order chi connectivity index (χ0) is 28.8. The van der Waals surface area contributed by atoms with Gasteiger partial charge in [-0.15, -0.1) is 11.6 Å². The summed E-state index contributed by atoms with van der Waals surface area (Å²) < 4.78 is 23.1. The van der Waals surface area contributed by atoms with Gasteiger partial charge < -0.3 is 5.32 Å². The predicted molar refractivity (Wildman–Crippen MR) is 160 cm³/mol. The summed E-state index contributed by atoms with van der Waals surface area (Å²) in [5.74, 6) is -1.83. The van der Waals surface area contributed by atoms with Gasteiger partial charge in [-0.3, -0.25) is 9.59 Å². The Hall–Kier alpha value is -1.15. The summed E-state index contributed by atoms with van der Waals surface area (Å²) in [7, 11) is -3.75. The second-order valence-corrected chi connectivity index (χ2v) is 14.3. The van der Waals surface area contributed by atoms with Crippen molar-refractivity contribution in [2.75, 3.05) is 11.1 Å². The number of amides is 1. The van der Waals surface area contributed by atoms with Crippen molar-refractivity contribution >= 4 is 50.6 Å². The number of unbranched alkanes of at least 4 members (excludes halogenated alkanes) is 8. The Morgan fingerprint density at radius 3 is 1.92 bits per heavy atom. The second-order valence-electron chi connectivity index (χ2n) is 11.4. The number of para-hydroxylation sites is 1. The molecule has 0 spiro atoms. The smallest absolute Gasteiger partial charge is 0.253 e. The lowest BCUT2D eigenvalue weighted by molar-refractivity contribution is -0.137. The van der Waals surface area contributed by atoms with E-state index in [2.05, 4.69) is 12.2 Å². The van der Waals surface area contributed by atoms with E-state index in [1.807, 2.05) is 6.07 Å². The molecular weight excluding hydrogens is 543 g/mol. The molecule has 0 bridgehead atoms. The van der Waals surface area contributed by atoms with Crippen molar-refractivity contribution in [2.45, 2.75) is 115 Å². The number of nitrogens with two attached hydrogens (primary N) is 1. The second kappa shape index (κ2) is 16.8. The number of halogens is 2. The van der Waals surface area contributed by atoms with E-state index in [0.29, 0.717) is 18.5 Å². The van der Waals surface area contributed by atoms with Crippen molar-refractivity contribution in [1.29, 1.82) is 0 Å². The predicted octanol–water partition coefficient (Wildman–Crippen LogP) is 7.43. The highest BCUT2D eigenvalue weighted by Gasteiger charge is 2.53. The average Bonchev–Trinajstić information content (AvgIpc) is 2.82. The van der Waals surface area contributed by atoms with Crippen LogP contribution in [-0.2, 0) is 19.6 Å². The van der Waals surface area contributed by atoms with Gasteiger partial charge >= 0.3 is 0 Å². The maximum Gasteiger partial charge on any atom is 0.253 e. The molecule has 1 rings (SSSR count). The van der Waals surface area contributed by atoms with Gasteiger partial charge in [0.2, 0.25) is 10.0 Å². The quantitative estimate of drug-likeness (QED) is 0.0991. The van der Waals surface area contributed by atoms with E-state index in [9.17, 15) is 18.0 Å². The van der Waals surface area contributed by atoms with Crippen LogP contribution in [0, 0.1) is 11.3 Å². The third-order valence-electron chi connectivity index (χ3n) is 6.83. The Balaban J connectivity index is 3.08. The molecule has 0 aliphatic rings. The van der Waals surface area contributed by atoms with Gasteiger partial charge in [0.1, 0.15) is 0 Å². The van der Waals surface area contributed by atoms with Crippen LogP contribution in [0.15, 0.2) is 30.3 Å². The summed E-state index contributed by atoms with van der Waals surface area (Å²) in [4.78, 5) is 25.6. The van der Waals surface area contributed by atoms with E-state index in [-0.39, 0.29) is 18.0 Å². The standard InChI is InChI=1S/C29H48Cl2N2O4S/c1-5-6-7-8-9-10-11-12-14-17-23(20-21-24(30)22-38(32,36)37)29(31,26(34)28(2,3)4)27(35)33-25-18-15-13-16-19-25/h13,15-16,18-19,23-24H,5-12,14,17,20-22H2,1-4H3,(H,33,35)(H2,32,36,37). The van der Waals surface area contributed by atoms with Gasteiger partial charge in [-0.05, 0) is 37.3 Å². The van der Waals surface area contributed by atoms with Crippen molar-refractivity contribution in [1.82, 2.24) is 0 Å². The van der Waals surface area contributed by atoms with Crippen molar-refractivity contribution in [3.8, 4) is 0 Å². The van der Waals surface area contributed by atoms with Crippen LogP contribution in [0.2, 0.25) is 0 Å². The number of Topliss-reactive ketones (excluding diaryl/α,β-unsaturated/α-hetero) is 1. The molecule has 0 saturated carbocycles. The van der Waals surface area contributed by atoms with Crippen LogP contribution in [0.4, 0.5) is 5.69 Å². The molecular formula is C29H48Cl2N2O4S. The number of rotatable bonds is 19. The number of hydrogen-bond acceptors (Lipinski definition) is 4. The van der Waals surface area contributed by atoms with Gasteiger partial charge in [0.05, 0.1) is 5.75 Å². The first kappa shape index (κ1) is 34.9. The van der Waals surface area contributed by atoms with Crippen molar-refractivity contribution in [3.63, 3.8) is 0 Å². The minimum Gasteiger partial charge on any atom is -0.324 e. The van der Waals surface area contributed by atoms with Crippen LogP contribution in [-0.4, -0.2) is 36.1 Å². The molecule has 1 amide bonds. The van der Waals surface area contributed by atoms with E-state index in [1.54, 1.807) is 45.0 Å². The van der Waals surface area contributed by atoms with Gasteiger partial charge in [-0.2, -0.15) is 0 Å². The maximum atomic E-state index is 13.8. The molecule has 0 heterocycles. The first-order chi connectivity index (χ1) is 17.7. The van der Waals surface area contributed by atoms with E-state index in [4.69, 9.17) is 28.3 Å². The summed E-state index contributed by atoms with van der Waals surface area (Å²) in [5, 5.41) is 7.28. The normalized spacial score (nSPS) is 15.4. The number of nitrogens with one attached hydrogen (secondary N) is 1. The molecule has 0 fully saturated rings. The van der Waals surface area contributed by atoms with Gasteiger partial charge in [-0.25, -0.2) is 13.6 Å². The van der Waals surface area contributed by atoms with Crippen LogP contribution >= 0.6 is 23.2 Å². The lowest BCUT2D eigenvalue weighted by Gasteiger charge is -2.37. The van der Waals surface area contributed by atoms with Crippen molar-refractivity contribution in [3.05, 3.63) is 30.3 Å². The molecule has 38 heavy (non-hydrogen) atoms. The lowest BCUT2D eigenvalue weighted by Crippen LogP contribution is -2.55. The van der Waals surface area contributed by atoms with E-state index in [1.165, 1.54) is 32.1 Å². The number of alkyl halides is 2. The summed E-state index contributed by atoms with van der Waals surface area (Å²) in [6.07, 6.45) is 11.4. The third-order valence-corrected chi connectivity index (χ3v) is 8.91. The number of benzene rings is 1. The minimum atomic E-state index is -3.75. The molecule has 0 radical (unpaired) electrons. The molecule has 0 saturated heterocycles. The monoisotopic (exact) mass is 590 g/mol. The number of hydrogen-bond donors (Lipinski definition) is 2.